The van der Waals surface area contributed by atoms with Gasteiger partial charge in [0.25, 0.3) is 0 Å². The lowest BCUT2D eigenvalue weighted by Crippen LogP contribution is -2.41. The van der Waals surface area contributed by atoms with Gasteiger partial charge in [-0.05, 0) is 49.9 Å². The van der Waals surface area contributed by atoms with Crippen LogP contribution in [0.2, 0.25) is 0 Å². The molecule has 2 atom stereocenters. The minimum absolute atomic E-state index is 0.264. The number of hydrogen-bond acceptors (Lipinski definition) is 3. The SMILES string of the molecule is CC(N)C1CCCN(Cc2ccc(C(N)=O)cc2)C1. The summed E-state index contributed by atoms with van der Waals surface area (Å²) in [6.45, 7) is 5.20. The van der Waals surface area contributed by atoms with Gasteiger partial charge in [0, 0.05) is 24.7 Å². The second-order valence-corrected chi connectivity index (χ2v) is 5.56. The molecule has 1 fully saturated rings. The molecule has 1 amide bonds. The largest absolute Gasteiger partial charge is 0.366 e. The Kier molecular flexibility index (Phi) is 4.56. The zero-order valence-electron chi connectivity index (χ0n) is 11.5. The highest BCUT2D eigenvalue weighted by molar-refractivity contribution is 5.92. The molecule has 0 aliphatic carbocycles. The van der Waals surface area contributed by atoms with Crippen molar-refractivity contribution >= 4 is 5.91 Å². The Bertz CT molecular complexity index is 428. The summed E-state index contributed by atoms with van der Waals surface area (Å²) in [7, 11) is 0. The van der Waals surface area contributed by atoms with Crippen LogP contribution in [0.5, 0.6) is 0 Å². The first-order valence-corrected chi connectivity index (χ1v) is 6.93. The topological polar surface area (TPSA) is 72.3 Å². The highest BCUT2D eigenvalue weighted by Gasteiger charge is 2.22. The molecule has 1 aliphatic rings. The third kappa shape index (κ3) is 3.78. The van der Waals surface area contributed by atoms with Crippen LogP contribution < -0.4 is 11.5 Å². The molecule has 1 aromatic carbocycles. The fourth-order valence-electron chi connectivity index (χ4n) is 2.70. The number of carbonyl (C=O) groups is 1. The van der Waals surface area contributed by atoms with Crippen LogP contribution in [0.3, 0.4) is 0 Å². The molecular formula is C15H23N3O. The number of nitrogens with two attached hydrogens (primary N) is 2. The molecule has 0 spiro atoms. The number of nitrogens with zero attached hydrogens (tertiary/aromatic N) is 1. The van der Waals surface area contributed by atoms with Gasteiger partial charge >= 0.3 is 0 Å². The van der Waals surface area contributed by atoms with E-state index in [2.05, 4.69) is 11.8 Å². The first kappa shape index (κ1) is 14.0. The van der Waals surface area contributed by atoms with Crippen molar-refractivity contribution in [2.45, 2.75) is 32.4 Å². The summed E-state index contributed by atoms with van der Waals surface area (Å²) in [5, 5.41) is 0. The maximum absolute atomic E-state index is 11.0. The average molecular weight is 261 g/mol. The first-order chi connectivity index (χ1) is 9.06. The Morgan fingerprint density at radius 2 is 2.11 bits per heavy atom. The van der Waals surface area contributed by atoms with Crippen LogP contribution in [0, 0.1) is 5.92 Å². The van der Waals surface area contributed by atoms with Crippen molar-refractivity contribution in [3.8, 4) is 0 Å². The van der Waals surface area contributed by atoms with Crippen LogP contribution in [0.15, 0.2) is 24.3 Å². The minimum Gasteiger partial charge on any atom is -0.366 e. The van der Waals surface area contributed by atoms with Crippen LogP contribution in [0.1, 0.15) is 35.7 Å². The van der Waals surface area contributed by atoms with Crippen LogP contribution in [0.4, 0.5) is 0 Å². The van der Waals surface area contributed by atoms with E-state index in [1.54, 1.807) is 12.1 Å². The maximum atomic E-state index is 11.0. The number of likely N-dealkylation sites (tertiary alicyclic amines) is 1. The minimum atomic E-state index is -0.374. The van der Waals surface area contributed by atoms with Crippen molar-refractivity contribution in [1.82, 2.24) is 4.90 Å². The smallest absolute Gasteiger partial charge is 0.248 e. The van der Waals surface area contributed by atoms with Crippen molar-refractivity contribution in [3.63, 3.8) is 0 Å². The number of rotatable bonds is 4. The van der Waals surface area contributed by atoms with Crippen molar-refractivity contribution in [1.29, 1.82) is 0 Å². The quantitative estimate of drug-likeness (QED) is 0.859. The van der Waals surface area contributed by atoms with Gasteiger partial charge in [-0.25, -0.2) is 0 Å². The molecule has 104 valence electrons. The molecule has 4 heteroatoms. The zero-order valence-corrected chi connectivity index (χ0v) is 11.5. The third-order valence-corrected chi connectivity index (χ3v) is 3.93. The van der Waals surface area contributed by atoms with E-state index in [0.717, 1.165) is 19.6 Å². The predicted octanol–water partition coefficient (Wildman–Crippen LogP) is 1.34. The van der Waals surface area contributed by atoms with Crippen LogP contribution in [-0.2, 0) is 6.54 Å². The maximum Gasteiger partial charge on any atom is 0.248 e. The van der Waals surface area contributed by atoms with E-state index in [0.29, 0.717) is 11.5 Å². The second kappa shape index (κ2) is 6.17. The molecule has 0 radical (unpaired) electrons. The Hall–Kier alpha value is -1.39. The molecule has 4 nitrogen and oxygen atoms in total. The summed E-state index contributed by atoms with van der Waals surface area (Å²) in [4.78, 5) is 13.5. The summed E-state index contributed by atoms with van der Waals surface area (Å²) in [6, 6.07) is 7.82. The first-order valence-electron chi connectivity index (χ1n) is 6.93. The number of piperidine rings is 1. The van der Waals surface area contributed by atoms with Crippen molar-refractivity contribution in [2.24, 2.45) is 17.4 Å². The van der Waals surface area contributed by atoms with E-state index < -0.39 is 0 Å². The highest BCUT2D eigenvalue weighted by atomic mass is 16.1. The summed E-state index contributed by atoms with van der Waals surface area (Å²) >= 11 is 0. The van der Waals surface area contributed by atoms with Gasteiger partial charge in [-0.3, -0.25) is 9.69 Å². The molecule has 0 saturated carbocycles. The van der Waals surface area contributed by atoms with Crippen molar-refractivity contribution in [2.75, 3.05) is 13.1 Å². The predicted molar refractivity (Wildman–Crippen MR) is 76.6 cm³/mol. The fraction of sp³-hybridized carbons (Fsp3) is 0.533. The summed E-state index contributed by atoms with van der Waals surface area (Å²) in [5.74, 6) is 0.222. The van der Waals surface area contributed by atoms with Gasteiger partial charge in [0.15, 0.2) is 0 Å². The second-order valence-electron chi connectivity index (χ2n) is 5.56. The molecule has 1 aromatic rings. The number of hydrogen-bond donors (Lipinski definition) is 2. The lowest BCUT2D eigenvalue weighted by molar-refractivity contribution is 0.1000. The number of amides is 1. The molecule has 0 bridgehead atoms. The number of carbonyl (C=O) groups excluding carboxylic acids is 1. The normalized spacial score (nSPS) is 22.1. The summed E-state index contributed by atoms with van der Waals surface area (Å²) in [5.41, 5.74) is 13.0. The number of primary amides is 1. The van der Waals surface area contributed by atoms with Gasteiger partial charge < -0.3 is 11.5 Å². The van der Waals surface area contributed by atoms with Crippen LogP contribution in [-0.4, -0.2) is 29.9 Å². The summed E-state index contributed by atoms with van der Waals surface area (Å²) < 4.78 is 0. The van der Waals surface area contributed by atoms with Gasteiger partial charge in [0.05, 0.1) is 0 Å². The Balaban J connectivity index is 1.95. The lowest BCUT2D eigenvalue weighted by Gasteiger charge is -2.34. The van der Waals surface area contributed by atoms with E-state index in [1.165, 1.54) is 18.4 Å². The van der Waals surface area contributed by atoms with Gasteiger partial charge in [-0.15, -0.1) is 0 Å². The van der Waals surface area contributed by atoms with E-state index in [9.17, 15) is 4.79 Å². The van der Waals surface area contributed by atoms with Crippen LogP contribution >= 0.6 is 0 Å². The highest BCUT2D eigenvalue weighted by Crippen LogP contribution is 2.20. The lowest BCUT2D eigenvalue weighted by atomic mass is 9.92. The summed E-state index contributed by atoms with van der Waals surface area (Å²) in [6.07, 6.45) is 2.44. The van der Waals surface area contributed by atoms with E-state index in [-0.39, 0.29) is 11.9 Å². The Morgan fingerprint density at radius 3 is 2.68 bits per heavy atom. The van der Waals surface area contributed by atoms with Gasteiger partial charge in [-0.1, -0.05) is 12.1 Å². The molecule has 1 aliphatic heterocycles. The van der Waals surface area contributed by atoms with Crippen LogP contribution in [0.25, 0.3) is 0 Å². The molecule has 1 heterocycles. The molecule has 2 unspecified atom stereocenters. The Labute approximate surface area is 114 Å². The molecule has 4 N–H and O–H groups in total. The standard InChI is InChI=1S/C15H23N3O/c1-11(16)14-3-2-8-18(10-14)9-12-4-6-13(7-5-12)15(17)19/h4-7,11,14H,2-3,8-10,16H2,1H3,(H2,17,19). The van der Waals surface area contributed by atoms with Gasteiger partial charge in [-0.2, -0.15) is 0 Å². The Morgan fingerprint density at radius 1 is 1.42 bits per heavy atom. The van der Waals surface area contributed by atoms with E-state index in [4.69, 9.17) is 11.5 Å². The zero-order chi connectivity index (χ0) is 13.8. The average Bonchev–Trinajstić information content (AvgIpc) is 2.39. The van der Waals surface area contributed by atoms with E-state index in [1.807, 2.05) is 12.1 Å². The third-order valence-electron chi connectivity index (χ3n) is 3.93. The van der Waals surface area contributed by atoms with Crippen molar-refractivity contribution < 1.29 is 4.79 Å². The molecule has 1 saturated heterocycles. The van der Waals surface area contributed by atoms with Crippen molar-refractivity contribution in [3.05, 3.63) is 35.4 Å². The molecule has 0 aromatic heterocycles. The molecule has 2 rings (SSSR count). The monoisotopic (exact) mass is 261 g/mol. The van der Waals surface area contributed by atoms with Gasteiger partial charge in [0.2, 0.25) is 5.91 Å². The van der Waals surface area contributed by atoms with Gasteiger partial charge in [0.1, 0.15) is 0 Å². The fourth-order valence-corrected chi connectivity index (χ4v) is 2.70. The van der Waals surface area contributed by atoms with E-state index >= 15 is 0 Å². The number of benzene rings is 1. The molecule has 19 heavy (non-hydrogen) atoms. The molecular weight excluding hydrogens is 238 g/mol.